The standard InChI is InChI=1S/C15H27NO4/c1-3-7-16-12-14-5-6-15(20-14)13-19-9-4-8-18-11-10-17-2/h5-6,16H,3-4,7-13H2,1-2H3. The Bertz CT molecular complexity index is 327. The first kappa shape index (κ1) is 17.2. The van der Waals surface area contributed by atoms with Gasteiger partial charge in [0.1, 0.15) is 18.1 Å². The number of rotatable bonds is 13. The highest BCUT2D eigenvalue weighted by Crippen LogP contribution is 2.09. The maximum atomic E-state index is 5.65. The molecule has 5 nitrogen and oxygen atoms in total. The summed E-state index contributed by atoms with van der Waals surface area (Å²) in [4.78, 5) is 0. The fourth-order valence-corrected chi connectivity index (χ4v) is 1.66. The van der Waals surface area contributed by atoms with Gasteiger partial charge in [-0.25, -0.2) is 0 Å². The minimum Gasteiger partial charge on any atom is -0.462 e. The van der Waals surface area contributed by atoms with Crippen molar-refractivity contribution in [2.75, 3.05) is 40.1 Å². The van der Waals surface area contributed by atoms with E-state index in [0.717, 1.165) is 37.5 Å². The molecular weight excluding hydrogens is 258 g/mol. The predicted molar refractivity (Wildman–Crippen MR) is 77.7 cm³/mol. The fraction of sp³-hybridized carbons (Fsp3) is 0.733. The van der Waals surface area contributed by atoms with E-state index in [1.54, 1.807) is 7.11 Å². The molecule has 0 saturated heterocycles. The summed E-state index contributed by atoms with van der Waals surface area (Å²) in [7, 11) is 1.67. The molecule has 0 amide bonds. The SMILES string of the molecule is CCCNCc1ccc(COCCCOCCOC)o1. The van der Waals surface area contributed by atoms with Crippen LogP contribution < -0.4 is 5.32 Å². The molecule has 0 aromatic carbocycles. The zero-order valence-electron chi connectivity index (χ0n) is 12.7. The summed E-state index contributed by atoms with van der Waals surface area (Å²) >= 11 is 0. The van der Waals surface area contributed by atoms with Crippen LogP contribution in [0.1, 0.15) is 31.3 Å². The van der Waals surface area contributed by atoms with Crippen LogP contribution in [0.25, 0.3) is 0 Å². The lowest BCUT2D eigenvalue weighted by Gasteiger charge is -2.04. The second-order valence-electron chi connectivity index (χ2n) is 4.56. The topological polar surface area (TPSA) is 52.9 Å². The van der Waals surface area contributed by atoms with Crippen molar-refractivity contribution < 1.29 is 18.6 Å². The van der Waals surface area contributed by atoms with Gasteiger partial charge < -0.3 is 23.9 Å². The number of methoxy groups -OCH3 is 1. The van der Waals surface area contributed by atoms with Crippen molar-refractivity contribution in [3.63, 3.8) is 0 Å². The minimum absolute atomic E-state index is 0.520. The van der Waals surface area contributed by atoms with Crippen LogP contribution in [-0.2, 0) is 27.4 Å². The van der Waals surface area contributed by atoms with Crippen molar-refractivity contribution in [1.29, 1.82) is 0 Å². The molecule has 1 N–H and O–H groups in total. The smallest absolute Gasteiger partial charge is 0.129 e. The maximum absolute atomic E-state index is 5.65. The van der Waals surface area contributed by atoms with Crippen LogP contribution in [0.2, 0.25) is 0 Å². The summed E-state index contributed by atoms with van der Waals surface area (Å²) in [5.74, 6) is 1.83. The zero-order chi connectivity index (χ0) is 14.5. The first-order valence-corrected chi connectivity index (χ1v) is 7.29. The molecule has 116 valence electrons. The Morgan fingerprint density at radius 1 is 1.05 bits per heavy atom. The van der Waals surface area contributed by atoms with E-state index < -0.39 is 0 Å². The van der Waals surface area contributed by atoms with E-state index in [4.69, 9.17) is 18.6 Å². The van der Waals surface area contributed by atoms with Gasteiger partial charge in [-0.15, -0.1) is 0 Å². The predicted octanol–water partition coefficient (Wildman–Crippen LogP) is 2.35. The molecule has 0 radical (unpaired) electrons. The molecule has 5 heteroatoms. The van der Waals surface area contributed by atoms with Crippen molar-refractivity contribution in [2.45, 2.75) is 32.9 Å². The molecule has 0 aliphatic carbocycles. The number of hydrogen-bond donors (Lipinski definition) is 1. The third-order valence-electron chi connectivity index (χ3n) is 2.70. The molecule has 1 rings (SSSR count). The van der Waals surface area contributed by atoms with Gasteiger partial charge in [0.25, 0.3) is 0 Å². The summed E-state index contributed by atoms with van der Waals surface area (Å²) in [6.45, 7) is 7.12. The van der Waals surface area contributed by atoms with Gasteiger partial charge in [0.2, 0.25) is 0 Å². The molecular formula is C15H27NO4. The molecule has 0 atom stereocenters. The molecule has 0 aliphatic heterocycles. The van der Waals surface area contributed by atoms with Crippen LogP contribution >= 0.6 is 0 Å². The third-order valence-corrected chi connectivity index (χ3v) is 2.70. The lowest BCUT2D eigenvalue weighted by atomic mass is 10.4. The fourth-order valence-electron chi connectivity index (χ4n) is 1.66. The first-order valence-electron chi connectivity index (χ1n) is 7.29. The van der Waals surface area contributed by atoms with Gasteiger partial charge in [-0.05, 0) is 31.5 Å². The average molecular weight is 285 g/mol. The van der Waals surface area contributed by atoms with E-state index in [-0.39, 0.29) is 0 Å². The van der Waals surface area contributed by atoms with Gasteiger partial charge in [-0.2, -0.15) is 0 Å². The Kier molecular flexibility index (Phi) is 10.2. The summed E-state index contributed by atoms with van der Waals surface area (Å²) in [5.41, 5.74) is 0. The van der Waals surface area contributed by atoms with Crippen LogP contribution in [0.4, 0.5) is 0 Å². The quantitative estimate of drug-likeness (QED) is 0.564. The lowest BCUT2D eigenvalue weighted by molar-refractivity contribution is 0.0451. The van der Waals surface area contributed by atoms with Crippen LogP contribution in [0.15, 0.2) is 16.5 Å². The number of furan rings is 1. The lowest BCUT2D eigenvalue weighted by Crippen LogP contribution is -2.13. The summed E-state index contributed by atoms with van der Waals surface area (Å²) in [5, 5.41) is 3.30. The van der Waals surface area contributed by atoms with E-state index in [1.807, 2.05) is 12.1 Å². The third kappa shape index (κ3) is 8.32. The molecule has 0 aliphatic rings. The highest BCUT2D eigenvalue weighted by Gasteiger charge is 2.01. The maximum Gasteiger partial charge on any atom is 0.129 e. The van der Waals surface area contributed by atoms with Gasteiger partial charge in [0.05, 0.1) is 19.8 Å². The molecule has 0 fully saturated rings. The van der Waals surface area contributed by atoms with Crippen molar-refractivity contribution in [1.82, 2.24) is 5.32 Å². The second kappa shape index (κ2) is 11.9. The Hall–Kier alpha value is -0.880. The van der Waals surface area contributed by atoms with E-state index in [0.29, 0.717) is 33.0 Å². The Labute approximate surface area is 121 Å². The summed E-state index contributed by atoms with van der Waals surface area (Å²) in [6, 6.07) is 3.97. The van der Waals surface area contributed by atoms with Gasteiger partial charge in [0, 0.05) is 20.3 Å². The van der Waals surface area contributed by atoms with Gasteiger partial charge >= 0.3 is 0 Å². The van der Waals surface area contributed by atoms with Gasteiger partial charge in [-0.1, -0.05) is 6.92 Å². The van der Waals surface area contributed by atoms with Crippen LogP contribution in [-0.4, -0.2) is 40.1 Å². The Morgan fingerprint density at radius 2 is 1.85 bits per heavy atom. The van der Waals surface area contributed by atoms with Crippen LogP contribution in [0, 0.1) is 0 Å². The molecule has 0 spiro atoms. The van der Waals surface area contributed by atoms with Crippen molar-refractivity contribution >= 4 is 0 Å². The number of hydrogen-bond acceptors (Lipinski definition) is 5. The molecule has 1 aromatic rings. The van der Waals surface area contributed by atoms with E-state index in [1.165, 1.54) is 0 Å². The Morgan fingerprint density at radius 3 is 2.65 bits per heavy atom. The molecule has 0 bridgehead atoms. The molecule has 0 unspecified atom stereocenters. The van der Waals surface area contributed by atoms with Crippen molar-refractivity contribution in [2.24, 2.45) is 0 Å². The second-order valence-corrected chi connectivity index (χ2v) is 4.56. The van der Waals surface area contributed by atoms with Crippen molar-refractivity contribution in [3.8, 4) is 0 Å². The minimum atomic E-state index is 0.520. The average Bonchev–Trinajstić information content (AvgIpc) is 2.90. The normalized spacial score (nSPS) is 11.1. The van der Waals surface area contributed by atoms with Crippen LogP contribution in [0.5, 0.6) is 0 Å². The summed E-state index contributed by atoms with van der Waals surface area (Å²) in [6.07, 6.45) is 2.01. The molecule has 1 aromatic heterocycles. The Balaban J connectivity index is 1.99. The van der Waals surface area contributed by atoms with Gasteiger partial charge in [0.15, 0.2) is 0 Å². The largest absolute Gasteiger partial charge is 0.462 e. The zero-order valence-corrected chi connectivity index (χ0v) is 12.7. The molecule has 0 saturated carbocycles. The number of nitrogens with one attached hydrogen (secondary N) is 1. The van der Waals surface area contributed by atoms with E-state index in [9.17, 15) is 0 Å². The highest BCUT2D eigenvalue weighted by molar-refractivity contribution is 5.06. The monoisotopic (exact) mass is 285 g/mol. The van der Waals surface area contributed by atoms with Crippen molar-refractivity contribution in [3.05, 3.63) is 23.7 Å². The molecule has 20 heavy (non-hydrogen) atoms. The molecule has 1 heterocycles. The first-order chi connectivity index (χ1) is 9.86. The van der Waals surface area contributed by atoms with E-state index >= 15 is 0 Å². The number of ether oxygens (including phenoxy) is 3. The van der Waals surface area contributed by atoms with Gasteiger partial charge in [-0.3, -0.25) is 0 Å². The van der Waals surface area contributed by atoms with E-state index in [2.05, 4.69) is 12.2 Å². The summed E-state index contributed by atoms with van der Waals surface area (Å²) < 4.78 is 21.4. The highest BCUT2D eigenvalue weighted by atomic mass is 16.5. The van der Waals surface area contributed by atoms with Crippen LogP contribution in [0.3, 0.4) is 0 Å².